The molecule has 0 bridgehead atoms. The summed E-state index contributed by atoms with van der Waals surface area (Å²) in [7, 11) is 0. The Morgan fingerprint density at radius 3 is 2.35 bits per heavy atom. The van der Waals surface area contributed by atoms with Crippen LogP contribution in [-0.2, 0) is 0 Å². The molecular weight excluding hydrogens is 288 g/mol. The first kappa shape index (κ1) is 17.8. The number of carbonyl (C=O) groups is 1. The SMILES string of the molecule is CCC(CC)C(NC(=O)N1CCC(CO)CC1)c1ccccc1. The second kappa shape index (κ2) is 8.92. The van der Waals surface area contributed by atoms with Crippen LogP contribution in [0.25, 0.3) is 0 Å². The molecule has 4 nitrogen and oxygen atoms in total. The van der Waals surface area contributed by atoms with E-state index in [1.807, 2.05) is 23.1 Å². The van der Waals surface area contributed by atoms with Crippen LogP contribution in [0.5, 0.6) is 0 Å². The lowest BCUT2D eigenvalue weighted by molar-refractivity contribution is 0.133. The fourth-order valence-electron chi connectivity index (χ4n) is 3.44. The highest BCUT2D eigenvalue weighted by Gasteiger charge is 2.27. The molecule has 1 aliphatic rings. The minimum Gasteiger partial charge on any atom is -0.396 e. The molecule has 4 heteroatoms. The molecule has 128 valence electrons. The van der Waals surface area contributed by atoms with Gasteiger partial charge in [-0.3, -0.25) is 0 Å². The summed E-state index contributed by atoms with van der Waals surface area (Å²) in [5, 5.41) is 12.5. The third kappa shape index (κ3) is 4.71. The summed E-state index contributed by atoms with van der Waals surface area (Å²) in [5.41, 5.74) is 1.18. The molecule has 2 N–H and O–H groups in total. The molecule has 23 heavy (non-hydrogen) atoms. The average Bonchev–Trinajstić information content (AvgIpc) is 2.62. The zero-order valence-electron chi connectivity index (χ0n) is 14.4. The number of hydrogen-bond donors (Lipinski definition) is 2. The van der Waals surface area contributed by atoms with Gasteiger partial charge in [-0.05, 0) is 30.2 Å². The largest absolute Gasteiger partial charge is 0.396 e. The highest BCUT2D eigenvalue weighted by Crippen LogP contribution is 2.28. The summed E-state index contributed by atoms with van der Waals surface area (Å²) in [5.74, 6) is 0.791. The van der Waals surface area contributed by atoms with Crippen LogP contribution in [0.15, 0.2) is 30.3 Å². The Morgan fingerprint density at radius 2 is 1.83 bits per heavy atom. The van der Waals surface area contributed by atoms with Gasteiger partial charge in [0.15, 0.2) is 0 Å². The van der Waals surface area contributed by atoms with Gasteiger partial charge in [0.1, 0.15) is 0 Å². The molecule has 0 aliphatic carbocycles. The second-order valence-corrected chi connectivity index (χ2v) is 6.53. The minimum atomic E-state index is 0.0298. The minimum absolute atomic E-state index is 0.0298. The lowest BCUT2D eigenvalue weighted by Gasteiger charge is -2.34. The lowest BCUT2D eigenvalue weighted by atomic mass is 9.89. The van der Waals surface area contributed by atoms with Gasteiger partial charge in [0, 0.05) is 19.7 Å². The maximum atomic E-state index is 12.7. The Bertz CT molecular complexity index is 466. The van der Waals surface area contributed by atoms with Crippen LogP contribution in [0.4, 0.5) is 4.79 Å². The number of hydrogen-bond acceptors (Lipinski definition) is 2. The van der Waals surface area contributed by atoms with Crippen molar-refractivity contribution in [1.82, 2.24) is 10.2 Å². The van der Waals surface area contributed by atoms with E-state index in [0.29, 0.717) is 11.8 Å². The molecule has 1 aromatic carbocycles. The van der Waals surface area contributed by atoms with Gasteiger partial charge in [-0.2, -0.15) is 0 Å². The molecule has 0 radical (unpaired) electrons. The van der Waals surface area contributed by atoms with Crippen molar-refractivity contribution in [2.24, 2.45) is 11.8 Å². The van der Waals surface area contributed by atoms with Gasteiger partial charge >= 0.3 is 6.03 Å². The first-order valence-electron chi connectivity index (χ1n) is 8.90. The summed E-state index contributed by atoms with van der Waals surface area (Å²) in [4.78, 5) is 14.6. The number of benzene rings is 1. The van der Waals surface area contributed by atoms with Crippen molar-refractivity contribution in [2.75, 3.05) is 19.7 Å². The first-order chi connectivity index (χ1) is 11.2. The summed E-state index contributed by atoms with van der Waals surface area (Å²) in [6.45, 7) is 6.07. The fourth-order valence-corrected chi connectivity index (χ4v) is 3.44. The van der Waals surface area contributed by atoms with Crippen molar-refractivity contribution in [3.8, 4) is 0 Å². The van der Waals surface area contributed by atoms with E-state index in [2.05, 4.69) is 31.3 Å². The number of likely N-dealkylation sites (tertiary alicyclic amines) is 1. The molecule has 0 saturated carbocycles. The molecule has 2 rings (SSSR count). The Morgan fingerprint density at radius 1 is 1.22 bits per heavy atom. The molecule has 0 aromatic heterocycles. The summed E-state index contributed by atoms with van der Waals surface area (Å²) in [6, 6.07) is 10.4. The molecule has 1 heterocycles. The van der Waals surface area contributed by atoms with E-state index in [9.17, 15) is 9.90 Å². The molecule has 1 unspecified atom stereocenters. The van der Waals surface area contributed by atoms with E-state index in [-0.39, 0.29) is 18.7 Å². The fraction of sp³-hybridized carbons (Fsp3) is 0.632. The number of urea groups is 1. The average molecular weight is 318 g/mol. The van der Waals surface area contributed by atoms with Crippen LogP contribution in [0.3, 0.4) is 0 Å². The van der Waals surface area contributed by atoms with Crippen molar-refractivity contribution >= 4 is 6.03 Å². The Hall–Kier alpha value is -1.55. The predicted octanol–water partition coefficient (Wildman–Crippen LogP) is 3.58. The molecule has 1 fully saturated rings. The van der Waals surface area contributed by atoms with Crippen LogP contribution in [0.2, 0.25) is 0 Å². The maximum absolute atomic E-state index is 12.7. The summed E-state index contributed by atoms with van der Waals surface area (Å²) in [6.07, 6.45) is 3.88. The van der Waals surface area contributed by atoms with Crippen molar-refractivity contribution in [3.05, 3.63) is 35.9 Å². The molecular formula is C19H30N2O2. The van der Waals surface area contributed by atoms with Crippen LogP contribution in [-0.4, -0.2) is 35.7 Å². The van der Waals surface area contributed by atoms with Crippen molar-refractivity contribution in [3.63, 3.8) is 0 Å². The number of aliphatic hydroxyl groups is 1. The van der Waals surface area contributed by atoms with E-state index in [4.69, 9.17) is 0 Å². The van der Waals surface area contributed by atoms with E-state index in [0.717, 1.165) is 38.8 Å². The van der Waals surface area contributed by atoms with Gasteiger partial charge < -0.3 is 15.3 Å². The number of nitrogens with zero attached hydrogens (tertiary/aromatic N) is 1. The zero-order chi connectivity index (χ0) is 16.7. The van der Waals surface area contributed by atoms with Gasteiger partial charge in [0.25, 0.3) is 0 Å². The monoisotopic (exact) mass is 318 g/mol. The van der Waals surface area contributed by atoms with Gasteiger partial charge in [0.05, 0.1) is 6.04 Å². The molecule has 1 aromatic rings. The molecule has 1 saturated heterocycles. The van der Waals surface area contributed by atoms with Gasteiger partial charge in [-0.1, -0.05) is 57.0 Å². The molecule has 0 spiro atoms. The number of amides is 2. The quantitative estimate of drug-likeness (QED) is 0.842. The van der Waals surface area contributed by atoms with E-state index >= 15 is 0 Å². The highest BCUT2D eigenvalue weighted by atomic mass is 16.3. The molecule has 1 aliphatic heterocycles. The summed E-state index contributed by atoms with van der Waals surface area (Å²) < 4.78 is 0. The number of rotatable bonds is 6. The van der Waals surface area contributed by atoms with Crippen molar-refractivity contribution < 1.29 is 9.90 Å². The Balaban J connectivity index is 2.04. The highest BCUT2D eigenvalue weighted by molar-refractivity contribution is 5.74. The van der Waals surface area contributed by atoms with Crippen molar-refractivity contribution in [2.45, 2.75) is 45.6 Å². The van der Waals surface area contributed by atoms with E-state index < -0.39 is 0 Å². The van der Waals surface area contributed by atoms with E-state index in [1.54, 1.807) is 0 Å². The third-order valence-corrected chi connectivity index (χ3v) is 5.12. The number of nitrogens with one attached hydrogen (secondary N) is 1. The van der Waals surface area contributed by atoms with Crippen molar-refractivity contribution in [1.29, 1.82) is 0 Å². The number of carbonyl (C=O) groups excluding carboxylic acids is 1. The smallest absolute Gasteiger partial charge is 0.317 e. The first-order valence-corrected chi connectivity index (χ1v) is 8.90. The maximum Gasteiger partial charge on any atom is 0.317 e. The number of aliphatic hydroxyl groups excluding tert-OH is 1. The molecule has 2 amide bonds. The second-order valence-electron chi connectivity index (χ2n) is 6.53. The van der Waals surface area contributed by atoms with Crippen LogP contribution in [0, 0.1) is 11.8 Å². The van der Waals surface area contributed by atoms with Gasteiger partial charge in [-0.15, -0.1) is 0 Å². The standard InChI is InChI=1S/C19H30N2O2/c1-3-16(4-2)18(17-8-6-5-7-9-17)20-19(23)21-12-10-15(14-22)11-13-21/h5-9,15-16,18,22H,3-4,10-14H2,1-2H3,(H,20,23). The van der Waals surface area contributed by atoms with Crippen LogP contribution < -0.4 is 5.32 Å². The predicted molar refractivity (Wildman–Crippen MR) is 93.2 cm³/mol. The topological polar surface area (TPSA) is 52.6 Å². The lowest BCUT2D eigenvalue weighted by Crippen LogP contribution is -2.47. The van der Waals surface area contributed by atoms with Gasteiger partial charge in [-0.25, -0.2) is 4.79 Å². The van der Waals surface area contributed by atoms with Crippen LogP contribution >= 0.6 is 0 Å². The normalized spacial score (nSPS) is 17.3. The van der Waals surface area contributed by atoms with Crippen LogP contribution in [0.1, 0.15) is 51.1 Å². The summed E-state index contributed by atoms with van der Waals surface area (Å²) >= 11 is 0. The Labute approximate surface area is 139 Å². The zero-order valence-corrected chi connectivity index (χ0v) is 14.4. The van der Waals surface area contributed by atoms with Gasteiger partial charge in [0.2, 0.25) is 0 Å². The van der Waals surface area contributed by atoms with E-state index in [1.165, 1.54) is 5.56 Å². The molecule has 1 atom stereocenters. The third-order valence-electron chi connectivity index (χ3n) is 5.12. The number of piperidine rings is 1. The Kier molecular flexibility index (Phi) is 6.90.